The maximum Gasteiger partial charge on any atom is 0.407 e. The monoisotopic (exact) mass is 564 g/mol. The predicted octanol–water partition coefficient (Wildman–Crippen LogP) is 6.17. The second kappa shape index (κ2) is 11.6. The number of carbonyl (C=O) groups excluding carboxylic acids is 1. The Labute approximate surface area is 237 Å². The number of amides is 1. The summed E-state index contributed by atoms with van der Waals surface area (Å²) >= 11 is 0. The first kappa shape index (κ1) is 28.1. The van der Waals surface area contributed by atoms with Gasteiger partial charge in [-0.3, -0.25) is 4.40 Å². The second-order valence-corrected chi connectivity index (χ2v) is 11.0. The fourth-order valence-corrected chi connectivity index (χ4v) is 4.92. The predicted molar refractivity (Wildman–Crippen MR) is 154 cm³/mol. The summed E-state index contributed by atoms with van der Waals surface area (Å²) in [5.74, 6) is -1.31. The Bertz CT molecular complexity index is 1530. The molecule has 0 aliphatic carbocycles. The van der Waals surface area contributed by atoms with E-state index in [1.165, 1.54) is 25.4 Å². The Hall–Kier alpha value is -4.41. The van der Waals surface area contributed by atoms with Gasteiger partial charge in [0.1, 0.15) is 5.60 Å². The summed E-state index contributed by atoms with van der Waals surface area (Å²) in [6.07, 6.45) is 6.30. The molecule has 9 nitrogen and oxygen atoms in total. The molecule has 0 spiro atoms. The number of benzene rings is 2. The number of fused-ring (bicyclic) bond motifs is 1. The van der Waals surface area contributed by atoms with Crippen LogP contribution in [0.1, 0.15) is 33.6 Å². The van der Waals surface area contributed by atoms with Gasteiger partial charge in [0.05, 0.1) is 19.0 Å². The lowest BCUT2D eigenvalue weighted by Gasteiger charge is -2.34. The van der Waals surface area contributed by atoms with Crippen molar-refractivity contribution in [3.63, 3.8) is 0 Å². The first-order valence-electron chi connectivity index (χ1n) is 13.6. The number of halogens is 2. The number of hydrogen-bond acceptors (Lipinski definition) is 7. The van der Waals surface area contributed by atoms with E-state index in [1.54, 1.807) is 16.8 Å². The Morgan fingerprint density at radius 2 is 1.78 bits per heavy atom. The number of anilines is 3. The third-order valence-corrected chi connectivity index (χ3v) is 7.01. The van der Waals surface area contributed by atoms with Crippen LogP contribution in [0.15, 0.2) is 55.0 Å². The molecule has 216 valence electrons. The first-order chi connectivity index (χ1) is 19.6. The van der Waals surface area contributed by atoms with E-state index >= 15 is 0 Å². The van der Waals surface area contributed by atoms with Crippen molar-refractivity contribution < 1.29 is 23.0 Å². The Morgan fingerprint density at radius 1 is 1.05 bits per heavy atom. The van der Waals surface area contributed by atoms with Crippen molar-refractivity contribution in [1.82, 2.24) is 19.7 Å². The van der Waals surface area contributed by atoms with Gasteiger partial charge in [0.25, 0.3) is 0 Å². The van der Waals surface area contributed by atoms with Gasteiger partial charge in [-0.15, -0.1) is 0 Å². The highest BCUT2D eigenvalue weighted by Gasteiger charge is 2.22. The minimum atomic E-state index is -1.05. The number of nitrogens with one attached hydrogen (secondary N) is 2. The number of rotatable bonds is 7. The largest absolute Gasteiger partial charge is 0.494 e. The summed E-state index contributed by atoms with van der Waals surface area (Å²) in [5, 5.41) is 6.17. The quantitative estimate of drug-likeness (QED) is 0.277. The van der Waals surface area contributed by atoms with Gasteiger partial charge < -0.3 is 25.0 Å². The molecule has 0 radical (unpaired) electrons. The number of piperidine rings is 1. The van der Waals surface area contributed by atoms with Crippen molar-refractivity contribution in [3.8, 4) is 17.0 Å². The van der Waals surface area contributed by atoms with Crippen LogP contribution < -0.4 is 20.3 Å². The van der Waals surface area contributed by atoms with E-state index in [0.717, 1.165) is 37.3 Å². The van der Waals surface area contributed by atoms with Crippen LogP contribution in [0, 0.1) is 17.6 Å². The first-order valence-corrected chi connectivity index (χ1v) is 13.6. The normalized spacial score (nSPS) is 14.2. The van der Waals surface area contributed by atoms with Crippen molar-refractivity contribution in [2.24, 2.45) is 5.92 Å². The summed E-state index contributed by atoms with van der Waals surface area (Å²) in [6, 6.07) is 10.9. The van der Waals surface area contributed by atoms with Gasteiger partial charge in [-0.2, -0.15) is 4.39 Å². The molecule has 11 heteroatoms. The third-order valence-electron chi connectivity index (χ3n) is 7.01. The number of methoxy groups -OCH3 is 1. The molecule has 0 unspecified atom stereocenters. The highest BCUT2D eigenvalue weighted by molar-refractivity contribution is 5.75. The Morgan fingerprint density at radius 3 is 2.46 bits per heavy atom. The molecule has 0 atom stereocenters. The van der Waals surface area contributed by atoms with Crippen LogP contribution in [0.25, 0.3) is 16.9 Å². The highest BCUT2D eigenvalue weighted by Crippen LogP contribution is 2.32. The number of imidazole rings is 1. The minimum Gasteiger partial charge on any atom is -0.494 e. The third kappa shape index (κ3) is 6.34. The van der Waals surface area contributed by atoms with E-state index in [2.05, 4.69) is 25.5 Å². The van der Waals surface area contributed by atoms with E-state index in [0.29, 0.717) is 29.6 Å². The van der Waals surface area contributed by atoms with Gasteiger partial charge in [-0.1, -0.05) is 0 Å². The zero-order chi connectivity index (χ0) is 29.1. The SMILES string of the molecule is COc1ccc(-c2cnc3c(Nc4ccc(N5CCC(CNC(=O)OC(C)(C)C)CC5)cc4)nccn23)c(F)c1F. The molecule has 2 aromatic heterocycles. The molecule has 1 aliphatic heterocycles. The molecule has 41 heavy (non-hydrogen) atoms. The lowest BCUT2D eigenvalue weighted by Crippen LogP contribution is -2.40. The number of aromatic nitrogens is 3. The van der Waals surface area contributed by atoms with Gasteiger partial charge in [-0.25, -0.2) is 19.2 Å². The van der Waals surface area contributed by atoms with E-state index in [-0.39, 0.29) is 17.4 Å². The van der Waals surface area contributed by atoms with Crippen molar-refractivity contribution in [2.75, 3.05) is 37.0 Å². The van der Waals surface area contributed by atoms with Crippen LogP contribution in [-0.2, 0) is 4.74 Å². The van der Waals surface area contributed by atoms with Crippen molar-refractivity contribution in [1.29, 1.82) is 0 Å². The van der Waals surface area contributed by atoms with E-state index < -0.39 is 17.2 Å². The maximum atomic E-state index is 14.8. The molecule has 1 amide bonds. The minimum absolute atomic E-state index is 0.0710. The summed E-state index contributed by atoms with van der Waals surface area (Å²) in [4.78, 5) is 23.1. The van der Waals surface area contributed by atoms with Crippen molar-refractivity contribution >= 4 is 28.9 Å². The molecule has 5 rings (SSSR count). The van der Waals surface area contributed by atoms with E-state index in [1.807, 2.05) is 45.0 Å². The molecule has 2 aromatic carbocycles. The van der Waals surface area contributed by atoms with Crippen LogP contribution in [-0.4, -0.2) is 52.8 Å². The molecule has 1 aliphatic rings. The summed E-state index contributed by atoms with van der Waals surface area (Å²) in [5.41, 5.74) is 2.36. The van der Waals surface area contributed by atoms with Gasteiger partial charge in [-0.05, 0) is 75.9 Å². The smallest absolute Gasteiger partial charge is 0.407 e. The topological polar surface area (TPSA) is 93.0 Å². The molecule has 1 saturated heterocycles. The van der Waals surface area contributed by atoms with Crippen molar-refractivity contribution in [3.05, 3.63) is 66.6 Å². The number of hydrogen-bond donors (Lipinski definition) is 2. The van der Waals surface area contributed by atoms with Gasteiger partial charge in [0.15, 0.2) is 23.0 Å². The number of carbonyl (C=O) groups is 1. The summed E-state index contributed by atoms with van der Waals surface area (Å²) < 4.78 is 41.0. The molecule has 0 saturated carbocycles. The second-order valence-electron chi connectivity index (χ2n) is 11.0. The molecule has 3 heterocycles. The van der Waals surface area contributed by atoms with Gasteiger partial charge >= 0.3 is 6.09 Å². The average molecular weight is 565 g/mol. The number of ether oxygens (including phenoxy) is 2. The fourth-order valence-electron chi connectivity index (χ4n) is 4.92. The van der Waals surface area contributed by atoms with Crippen molar-refractivity contribution in [2.45, 2.75) is 39.2 Å². The number of alkyl carbamates (subject to hydrolysis) is 1. The molecule has 1 fully saturated rings. The van der Waals surface area contributed by atoms with E-state index in [9.17, 15) is 13.6 Å². The van der Waals surface area contributed by atoms with Crippen LogP contribution in [0.3, 0.4) is 0 Å². The lowest BCUT2D eigenvalue weighted by atomic mass is 9.96. The molecule has 4 aromatic rings. The molecular formula is C30H34F2N6O3. The van der Waals surface area contributed by atoms with Crippen LogP contribution in [0.2, 0.25) is 0 Å². The highest BCUT2D eigenvalue weighted by atomic mass is 19.2. The molecule has 2 N–H and O–H groups in total. The van der Waals surface area contributed by atoms with Crippen LogP contribution in [0.4, 0.5) is 30.8 Å². The summed E-state index contributed by atoms with van der Waals surface area (Å²) in [6.45, 7) is 7.96. The average Bonchev–Trinajstić information content (AvgIpc) is 3.38. The summed E-state index contributed by atoms with van der Waals surface area (Å²) in [7, 11) is 1.29. The maximum absolute atomic E-state index is 14.8. The fraction of sp³-hybridized carbons (Fsp3) is 0.367. The molecule has 0 bridgehead atoms. The Kier molecular flexibility index (Phi) is 7.96. The molecular weight excluding hydrogens is 530 g/mol. The number of nitrogens with zero attached hydrogens (tertiary/aromatic N) is 4. The van der Waals surface area contributed by atoms with Gasteiger partial charge in [0, 0.05) is 49.0 Å². The Balaban J connectivity index is 1.22. The zero-order valence-corrected chi connectivity index (χ0v) is 23.6. The zero-order valence-electron chi connectivity index (χ0n) is 23.6. The lowest BCUT2D eigenvalue weighted by molar-refractivity contribution is 0.0517. The van der Waals surface area contributed by atoms with Crippen LogP contribution >= 0.6 is 0 Å². The van der Waals surface area contributed by atoms with Crippen LogP contribution in [0.5, 0.6) is 5.75 Å². The standard InChI is InChI=1S/C30H34F2N6O3/c1-30(2,3)41-29(39)35-17-19-11-14-37(15-12-19)21-7-5-20(6-8-21)36-27-28-34-18-23(38(28)16-13-33-27)22-9-10-24(40-4)26(32)25(22)31/h5-10,13,16,18-19H,11-12,14-15,17H2,1-4H3,(H,33,36)(H,35,39). The van der Waals surface area contributed by atoms with Gasteiger partial charge in [0.2, 0.25) is 5.82 Å². The van der Waals surface area contributed by atoms with E-state index in [4.69, 9.17) is 9.47 Å².